The first-order valence-electron chi connectivity index (χ1n) is 7.60. The third-order valence-corrected chi connectivity index (χ3v) is 4.83. The molecule has 1 aromatic carbocycles. The van der Waals surface area contributed by atoms with Gasteiger partial charge < -0.3 is 15.0 Å². The van der Waals surface area contributed by atoms with Gasteiger partial charge in [0.25, 0.3) is 0 Å². The molecule has 1 aliphatic rings. The molecule has 108 valence electrons. The van der Waals surface area contributed by atoms with Crippen LogP contribution in [0.5, 0.6) is 0 Å². The van der Waals surface area contributed by atoms with Gasteiger partial charge in [0.1, 0.15) is 0 Å². The van der Waals surface area contributed by atoms with E-state index >= 15 is 0 Å². The third kappa shape index (κ3) is 2.36. The molecule has 0 bridgehead atoms. The van der Waals surface area contributed by atoms with Crippen LogP contribution in [-0.4, -0.2) is 22.3 Å². The molecule has 1 aliphatic carbocycles. The molecule has 2 aromatic rings. The fourth-order valence-corrected chi connectivity index (χ4v) is 3.52. The molecular formula is C17H24N2O. The van der Waals surface area contributed by atoms with Gasteiger partial charge in [-0.2, -0.15) is 0 Å². The van der Waals surface area contributed by atoms with Crippen LogP contribution in [0.15, 0.2) is 24.3 Å². The first-order valence-corrected chi connectivity index (χ1v) is 7.60. The number of hydrogen-bond acceptors (Lipinski definition) is 2. The van der Waals surface area contributed by atoms with E-state index in [1.54, 1.807) is 0 Å². The zero-order valence-electron chi connectivity index (χ0n) is 12.4. The Labute approximate surface area is 120 Å². The van der Waals surface area contributed by atoms with Crippen molar-refractivity contribution in [1.82, 2.24) is 9.88 Å². The van der Waals surface area contributed by atoms with E-state index in [1.165, 1.54) is 28.6 Å². The largest absolute Gasteiger partial charge is 0.393 e. The van der Waals surface area contributed by atoms with Crippen LogP contribution in [0.1, 0.15) is 30.5 Å². The molecule has 1 heterocycles. The highest BCUT2D eigenvalue weighted by Crippen LogP contribution is 2.26. The summed E-state index contributed by atoms with van der Waals surface area (Å²) in [6.07, 6.45) is 3.19. The number of hydrogen-bond donors (Lipinski definition) is 2. The van der Waals surface area contributed by atoms with Crippen molar-refractivity contribution in [2.75, 3.05) is 6.54 Å². The molecular weight excluding hydrogens is 248 g/mol. The van der Waals surface area contributed by atoms with Crippen LogP contribution in [0.4, 0.5) is 0 Å². The minimum absolute atomic E-state index is 0.101. The van der Waals surface area contributed by atoms with Crippen LogP contribution >= 0.6 is 0 Å². The molecule has 3 heteroatoms. The van der Waals surface area contributed by atoms with Crippen molar-refractivity contribution >= 4 is 10.9 Å². The molecule has 1 aromatic heterocycles. The predicted octanol–water partition coefficient (Wildman–Crippen LogP) is 2.74. The number of nitrogens with one attached hydrogen (secondary N) is 1. The van der Waals surface area contributed by atoms with E-state index in [2.05, 4.69) is 48.1 Å². The van der Waals surface area contributed by atoms with Gasteiger partial charge in [0.15, 0.2) is 0 Å². The second-order valence-electron chi connectivity index (χ2n) is 6.04. The van der Waals surface area contributed by atoms with E-state index in [0.717, 1.165) is 25.9 Å². The SMILES string of the molecule is Cc1c(CNCC2CCCC2O)n(C)c2ccccc12. The Morgan fingerprint density at radius 1 is 1.30 bits per heavy atom. The summed E-state index contributed by atoms with van der Waals surface area (Å²) in [6.45, 7) is 3.99. The van der Waals surface area contributed by atoms with Crippen LogP contribution in [0.3, 0.4) is 0 Å². The summed E-state index contributed by atoms with van der Waals surface area (Å²) in [6, 6.07) is 8.55. The van der Waals surface area contributed by atoms with Gasteiger partial charge in [0, 0.05) is 36.7 Å². The number of para-hydroxylation sites is 1. The quantitative estimate of drug-likeness (QED) is 0.898. The van der Waals surface area contributed by atoms with E-state index in [9.17, 15) is 5.11 Å². The van der Waals surface area contributed by atoms with Crippen LogP contribution in [0, 0.1) is 12.8 Å². The Kier molecular flexibility index (Phi) is 3.81. The van der Waals surface area contributed by atoms with Gasteiger partial charge in [0.05, 0.1) is 6.10 Å². The van der Waals surface area contributed by atoms with Gasteiger partial charge in [-0.3, -0.25) is 0 Å². The van der Waals surface area contributed by atoms with E-state index in [4.69, 9.17) is 0 Å². The zero-order chi connectivity index (χ0) is 14.1. The van der Waals surface area contributed by atoms with E-state index in [0.29, 0.717) is 5.92 Å². The molecule has 2 N–H and O–H groups in total. The molecule has 1 fully saturated rings. The Balaban J connectivity index is 1.71. The van der Waals surface area contributed by atoms with Gasteiger partial charge >= 0.3 is 0 Å². The predicted molar refractivity (Wildman–Crippen MR) is 82.7 cm³/mol. The Hall–Kier alpha value is -1.32. The Morgan fingerprint density at radius 3 is 2.80 bits per heavy atom. The smallest absolute Gasteiger partial charge is 0.0580 e. The number of aliphatic hydroxyl groups is 1. The molecule has 1 saturated carbocycles. The molecule has 0 amide bonds. The number of aromatic nitrogens is 1. The molecule has 0 saturated heterocycles. The summed E-state index contributed by atoms with van der Waals surface area (Å²) >= 11 is 0. The van der Waals surface area contributed by atoms with Gasteiger partial charge in [-0.25, -0.2) is 0 Å². The van der Waals surface area contributed by atoms with Crippen molar-refractivity contribution in [1.29, 1.82) is 0 Å². The zero-order valence-corrected chi connectivity index (χ0v) is 12.4. The van der Waals surface area contributed by atoms with Crippen LogP contribution in [-0.2, 0) is 13.6 Å². The van der Waals surface area contributed by atoms with Crippen molar-refractivity contribution in [3.8, 4) is 0 Å². The first-order chi connectivity index (χ1) is 9.68. The van der Waals surface area contributed by atoms with Gasteiger partial charge in [-0.1, -0.05) is 24.6 Å². The van der Waals surface area contributed by atoms with Crippen LogP contribution in [0.25, 0.3) is 10.9 Å². The van der Waals surface area contributed by atoms with E-state index in [-0.39, 0.29) is 6.10 Å². The second kappa shape index (κ2) is 5.58. The fourth-order valence-electron chi connectivity index (χ4n) is 3.52. The summed E-state index contributed by atoms with van der Waals surface area (Å²) in [5.74, 6) is 0.435. The lowest BCUT2D eigenvalue weighted by molar-refractivity contribution is 0.131. The lowest BCUT2D eigenvalue weighted by Crippen LogP contribution is -2.28. The lowest BCUT2D eigenvalue weighted by Gasteiger charge is -2.15. The van der Waals surface area contributed by atoms with Crippen molar-refractivity contribution in [3.63, 3.8) is 0 Å². The Morgan fingerprint density at radius 2 is 2.10 bits per heavy atom. The first kappa shape index (κ1) is 13.7. The molecule has 3 nitrogen and oxygen atoms in total. The van der Waals surface area contributed by atoms with Gasteiger partial charge in [-0.05, 0) is 37.3 Å². The maximum atomic E-state index is 9.86. The molecule has 20 heavy (non-hydrogen) atoms. The van der Waals surface area contributed by atoms with Crippen molar-refractivity contribution in [2.24, 2.45) is 13.0 Å². The summed E-state index contributed by atoms with van der Waals surface area (Å²) < 4.78 is 2.28. The van der Waals surface area contributed by atoms with E-state index in [1.807, 2.05) is 0 Å². The highest BCUT2D eigenvalue weighted by atomic mass is 16.3. The number of fused-ring (bicyclic) bond motifs is 1. The number of aryl methyl sites for hydroxylation is 2. The molecule has 2 unspecified atom stereocenters. The van der Waals surface area contributed by atoms with E-state index < -0.39 is 0 Å². The monoisotopic (exact) mass is 272 g/mol. The summed E-state index contributed by atoms with van der Waals surface area (Å²) in [5.41, 5.74) is 4.00. The topological polar surface area (TPSA) is 37.2 Å². The van der Waals surface area contributed by atoms with Crippen LogP contribution in [0.2, 0.25) is 0 Å². The fraction of sp³-hybridized carbons (Fsp3) is 0.529. The van der Waals surface area contributed by atoms with Crippen LogP contribution < -0.4 is 5.32 Å². The number of rotatable bonds is 4. The summed E-state index contributed by atoms with van der Waals surface area (Å²) in [7, 11) is 2.14. The average Bonchev–Trinajstić information content (AvgIpc) is 2.97. The molecule has 0 aliphatic heterocycles. The molecule has 0 radical (unpaired) electrons. The summed E-state index contributed by atoms with van der Waals surface area (Å²) in [4.78, 5) is 0. The lowest BCUT2D eigenvalue weighted by atomic mass is 10.1. The molecule has 2 atom stereocenters. The Bertz CT molecular complexity index is 563. The van der Waals surface area contributed by atoms with Crippen molar-refractivity contribution in [3.05, 3.63) is 35.5 Å². The third-order valence-electron chi connectivity index (χ3n) is 4.83. The highest BCUT2D eigenvalue weighted by Gasteiger charge is 2.24. The summed E-state index contributed by atoms with van der Waals surface area (Å²) in [5, 5.41) is 14.7. The minimum atomic E-state index is -0.101. The van der Waals surface area contributed by atoms with Crippen molar-refractivity contribution in [2.45, 2.75) is 38.8 Å². The molecule has 0 spiro atoms. The number of benzene rings is 1. The molecule has 3 rings (SSSR count). The van der Waals surface area contributed by atoms with Gasteiger partial charge in [-0.15, -0.1) is 0 Å². The maximum Gasteiger partial charge on any atom is 0.0580 e. The normalized spacial score (nSPS) is 22.8. The van der Waals surface area contributed by atoms with Gasteiger partial charge in [0.2, 0.25) is 0 Å². The number of nitrogens with zero attached hydrogens (tertiary/aromatic N) is 1. The standard InChI is InChI=1S/C17H24N2O/c1-12-14-7-3-4-8-15(14)19(2)16(12)11-18-10-13-6-5-9-17(13)20/h3-4,7-8,13,17-18,20H,5-6,9-11H2,1-2H3. The minimum Gasteiger partial charge on any atom is -0.393 e. The average molecular weight is 272 g/mol. The number of aliphatic hydroxyl groups excluding tert-OH is 1. The maximum absolute atomic E-state index is 9.86. The highest BCUT2D eigenvalue weighted by molar-refractivity contribution is 5.85. The second-order valence-corrected chi connectivity index (χ2v) is 6.04. The van der Waals surface area contributed by atoms with Crippen molar-refractivity contribution < 1.29 is 5.11 Å².